The average Bonchev–Trinajstić information content (AvgIpc) is 2.19. The van der Waals surface area contributed by atoms with Gasteiger partial charge in [-0.15, -0.1) is 0 Å². The van der Waals surface area contributed by atoms with E-state index in [4.69, 9.17) is 0 Å². The van der Waals surface area contributed by atoms with Crippen LogP contribution in [0.3, 0.4) is 0 Å². The lowest BCUT2D eigenvalue weighted by Gasteiger charge is -2.23. The maximum Gasteiger partial charge on any atom is 0.0294 e. The van der Waals surface area contributed by atoms with Crippen molar-refractivity contribution in [2.75, 3.05) is 0 Å². The number of hydrogen-bond donors (Lipinski definition) is 1. The Morgan fingerprint density at radius 3 is 2.00 bits per heavy atom. The van der Waals surface area contributed by atoms with Gasteiger partial charge in [0.25, 0.3) is 0 Å². The fraction of sp³-hybridized carbons (Fsp3) is 0.538. The van der Waals surface area contributed by atoms with Crippen LogP contribution in [0.5, 0.6) is 0 Å². The van der Waals surface area contributed by atoms with E-state index in [1.165, 1.54) is 5.56 Å². The van der Waals surface area contributed by atoms with Gasteiger partial charge in [-0.25, -0.2) is 0 Å². The van der Waals surface area contributed by atoms with E-state index in [2.05, 4.69) is 63.3 Å². The summed E-state index contributed by atoms with van der Waals surface area (Å²) in [5, 5.41) is 3.60. The van der Waals surface area contributed by atoms with Crippen LogP contribution in [-0.2, 0) is 0 Å². The largest absolute Gasteiger partial charge is 0.307 e. The van der Waals surface area contributed by atoms with Gasteiger partial charge in [0.2, 0.25) is 0 Å². The van der Waals surface area contributed by atoms with Crippen molar-refractivity contribution < 1.29 is 0 Å². The summed E-state index contributed by atoms with van der Waals surface area (Å²) in [6.07, 6.45) is 0. The van der Waals surface area contributed by atoms with Crippen molar-refractivity contribution in [1.82, 2.24) is 5.32 Å². The fourth-order valence-electron chi connectivity index (χ4n) is 1.42. The first kappa shape index (κ1) is 11.3. The van der Waals surface area contributed by atoms with E-state index in [0.29, 0.717) is 18.0 Å². The molecule has 0 aliphatic rings. The van der Waals surface area contributed by atoms with Crippen molar-refractivity contribution in [2.24, 2.45) is 5.92 Å². The standard InChI is InChI=1S/C13H21N/c1-10(2)11(3)14-12(4)13-8-6-5-7-9-13/h5-12,14H,1-4H3/t11-,12+/m0/s1. The number of nitrogens with one attached hydrogen (secondary N) is 1. The van der Waals surface area contributed by atoms with Crippen LogP contribution in [0.4, 0.5) is 0 Å². The molecular formula is C13H21N. The van der Waals surface area contributed by atoms with E-state index in [0.717, 1.165) is 0 Å². The molecule has 0 unspecified atom stereocenters. The molecule has 1 aromatic carbocycles. The van der Waals surface area contributed by atoms with Crippen LogP contribution in [0.25, 0.3) is 0 Å². The second kappa shape index (κ2) is 5.16. The third kappa shape index (κ3) is 3.15. The summed E-state index contributed by atoms with van der Waals surface area (Å²) in [7, 11) is 0. The van der Waals surface area contributed by atoms with E-state index in [9.17, 15) is 0 Å². The molecule has 1 nitrogen and oxygen atoms in total. The van der Waals surface area contributed by atoms with E-state index in [-0.39, 0.29) is 0 Å². The van der Waals surface area contributed by atoms with Crippen LogP contribution in [-0.4, -0.2) is 6.04 Å². The van der Waals surface area contributed by atoms with Crippen LogP contribution < -0.4 is 5.32 Å². The topological polar surface area (TPSA) is 12.0 Å². The Labute approximate surface area is 87.5 Å². The lowest BCUT2D eigenvalue weighted by atomic mass is 10.0. The van der Waals surface area contributed by atoms with Gasteiger partial charge in [0.15, 0.2) is 0 Å². The monoisotopic (exact) mass is 191 g/mol. The molecule has 2 atom stereocenters. The Balaban J connectivity index is 2.55. The maximum atomic E-state index is 3.60. The highest BCUT2D eigenvalue weighted by Gasteiger charge is 2.11. The lowest BCUT2D eigenvalue weighted by molar-refractivity contribution is 0.389. The Bertz CT molecular complexity index is 253. The van der Waals surface area contributed by atoms with Crippen LogP contribution in [0.1, 0.15) is 39.3 Å². The van der Waals surface area contributed by atoms with Gasteiger partial charge in [-0.3, -0.25) is 0 Å². The normalized spacial score (nSPS) is 15.5. The summed E-state index contributed by atoms with van der Waals surface area (Å²) in [6.45, 7) is 8.95. The van der Waals surface area contributed by atoms with Gasteiger partial charge in [-0.05, 0) is 25.3 Å². The molecule has 78 valence electrons. The predicted octanol–water partition coefficient (Wildman–Crippen LogP) is 3.38. The fourth-order valence-corrected chi connectivity index (χ4v) is 1.42. The van der Waals surface area contributed by atoms with E-state index in [1.807, 2.05) is 0 Å². The Kier molecular flexibility index (Phi) is 4.15. The molecule has 1 N–H and O–H groups in total. The number of hydrogen-bond acceptors (Lipinski definition) is 1. The summed E-state index contributed by atoms with van der Waals surface area (Å²) in [5.41, 5.74) is 1.36. The molecule has 0 radical (unpaired) electrons. The minimum absolute atomic E-state index is 0.439. The summed E-state index contributed by atoms with van der Waals surface area (Å²) in [6, 6.07) is 11.6. The smallest absolute Gasteiger partial charge is 0.0294 e. The maximum absolute atomic E-state index is 3.60. The van der Waals surface area contributed by atoms with Gasteiger partial charge in [0.1, 0.15) is 0 Å². The Morgan fingerprint density at radius 2 is 1.50 bits per heavy atom. The molecule has 1 aromatic rings. The van der Waals surface area contributed by atoms with Crippen molar-refractivity contribution in [2.45, 2.75) is 39.8 Å². The second-order valence-corrected chi connectivity index (χ2v) is 4.33. The zero-order valence-electron chi connectivity index (χ0n) is 9.62. The van der Waals surface area contributed by atoms with Gasteiger partial charge >= 0.3 is 0 Å². The molecular weight excluding hydrogens is 170 g/mol. The third-order valence-corrected chi connectivity index (χ3v) is 2.81. The van der Waals surface area contributed by atoms with Gasteiger partial charge in [0.05, 0.1) is 0 Å². The molecule has 0 aliphatic carbocycles. The van der Waals surface area contributed by atoms with Crippen molar-refractivity contribution >= 4 is 0 Å². The van der Waals surface area contributed by atoms with Crippen LogP contribution in [0.15, 0.2) is 30.3 Å². The van der Waals surface area contributed by atoms with Crippen LogP contribution >= 0.6 is 0 Å². The van der Waals surface area contributed by atoms with Crippen LogP contribution in [0, 0.1) is 5.92 Å². The third-order valence-electron chi connectivity index (χ3n) is 2.81. The summed E-state index contributed by atoms with van der Waals surface area (Å²) < 4.78 is 0. The zero-order chi connectivity index (χ0) is 10.6. The summed E-state index contributed by atoms with van der Waals surface area (Å²) >= 11 is 0. The van der Waals surface area contributed by atoms with E-state index < -0.39 is 0 Å². The number of rotatable bonds is 4. The first-order valence-corrected chi connectivity index (χ1v) is 5.42. The molecule has 0 aromatic heterocycles. The molecule has 0 amide bonds. The molecule has 0 aliphatic heterocycles. The molecule has 14 heavy (non-hydrogen) atoms. The highest BCUT2D eigenvalue weighted by Crippen LogP contribution is 2.13. The highest BCUT2D eigenvalue weighted by molar-refractivity contribution is 5.18. The highest BCUT2D eigenvalue weighted by atomic mass is 14.9. The van der Waals surface area contributed by atoms with Gasteiger partial charge in [0, 0.05) is 12.1 Å². The molecule has 1 heteroatoms. The Hall–Kier alpha value is -0.820. The van der Waals surface area contributed by atoms with Gasteiger partial charge in [-0.2, -0.15) is 0 Å². The van der Waals surface area contributed by atoms with Gasteiger partial charge in [-0.1, -0.05) is 44.2 Å². The molecule has 0 spiro atoms. The minimum Gasteiger partial charge on any atom is -0.307 e. The number of benzene rings is 1. The molecule has 0 bridgehead atoms. The van der Waals surface area contributed by atoms with Crippen LogP contribution in [0.2, 0.25) is 0 Å². The Morgan fingerprint density at radius 1 is 0.929 bits per heavy atom. The second-order valence-electron chi connectivity index (χ2n) is 4.33. The van der Waals surface area contributed by atoms with Crippen molar-refractivity contribution in [3.63, 3.8) is 0 Å². The van der Waals surface area contributed by atoms with Gasteiger partial charge < -0.3 is 5.32 Å². The summed E-state index contributed by atoms with van der Waals surface area (Å²) in [4.78, 5) is 0. The first-order chi connectivity index (χ1) is 6.61. The lowest BCUT2D eigenvalue weighted by Crippen LogP contribution is -2.32. The molecule has 1 rings (SSSR count). The first-order valence-electron chi connectivity index (χ1n) is 5.42. The van der Waals surface area contributed by atoms with E-state index >= 15 is 0 Å². The predicted molar refractivity (Wildman–Crippen MR) is 62.3 cm³/mol. The van der Waals surface area contributed by atoms with Crippen molar-refractivity contribution in [3.05, 3.63) is 35.9 Å². The molecule has 0 saturated carbocycles. The zero-order valence-corrected chi connectivity index (χ0v) is 9.62. The SMILES string of the molecule is CC(C)[C@H](C)N[C@H](C)c1ccccc1. The molecule has 0 heterocycles. The van der Waals surface area contributed by atoms with Crippen molar-refractivity contribution in [3.8, 4) is 0 Å². The van der Waals surface area contributed by atoms with E-state index in [1.54, 1.807) is 0 Å². The molecule has 0 saturated heterocycles. The molecule has 0 fully saturated rings. The van der Waals surface area contributed by atoms with Crippen molar-refractivity contribution in [1.29, 1.82) is 0 Å². The average molecular weight is 191 g/mol. The quantitative estimate of drug-likeness (QED) is 0.769. The minimum atomic E-state index is 0.439. The summed E-state index contributed by atoms with van der Waals surface area (Å²) in [5.74, 6) is 0.682.